The van der Waals surface area contributed by atoms with E-state index in [0.29, 0.717) is 11.9 Å². The molecular formula is C26H36N4O. The van der Waals surface area contributed by atoms with Crippen LogP contribution in [0.2, 0.25) is 0 Å². The molecule has 1 aromatic heterocycles. The summed E-state index contributed by atoms with van der Waals surface area (Å²) in [4.78, 5) is 23.2. The molecule has 0 radical (unpaired) electrons. The average molecular weight is 421 g/mol. The number of fused-ring (bicyclic) bond motifs is 2. The number of benzene rings is 1. The number of aryl methyl sites for hydroxylation is 1. The van der Waals surface area contributed by atoms with Crippen molar-refractivity contribution < 1.29 is 4.79 Å². The molecule has 1 spiro atoms. The van der Waals surface area contributed by atoms with Crippen LogP contribution >= 0.6 is 0 Å². The lowest BCUT2D eigenvalue weighted by molar-refractivity contribution is -0.141. The van der Waals surface area contributed by atoms with E-state index in [2.05, 4.69) is 65.5 Å². The minimum Gasteiger partial charge on any atom is -0.336 e. The van der Waals surface area contributed by atoms with Gasteiger partial charge in [-0.3, -0.25) is 9.69 Å². The van der Waals surface area contributed by atoms with Gasteiger partial charge < -0.3 is 9.47 Å². The summed E-state index contributed by atoms with van der Waals surface area (Å²) in [7, 11) is 0. The molecule has 0 N–H and O–H groups in total. The van der Waals surface area contributed by atoms with Gasteiger partial charge in [0.15, 0.2) is 0 Å². The largest absolute Gasteiger partial charge is 0.336 e. The van der Waals surface area contributed by atoms with Gasteiger partial charge in [-0.15, -0.1) is 0 Å². The molecule has 0 unspecified atom stereocenters. The molecule has 0 atom stereocenters. The van der Waals surface area contributed by atoms with Crippen molar-refractivity contribution in [3.8, 4) is 0 Å². The topological polar surface area (TPSA) is 41.4 Å². The van der Waals surface area contributed by atoms with Crippen molar-refractivity contribution in [2.75, 3.05) is 19.6 Å². The van der Waals surface area contributed by atoms with Crippen LogP contribution in [-0.2, 0) is 23.3 Å². The van der Waals surface area contributed by atoms with Crippen LogP contribution in [0, 0.1) is 12.8 Å². The molecule has 1 amide bonds. The van der Waals surface area contributed by atoms with E-state index in [1.54, 1.807) is 0 Å². The molecule has 5 nitrogen and oxygen atoms in total. The Hall–Kier alpha value is -2.14. The van der Waals surface area contributed by atoms with E-state index < -0.39 is 0 Å². The van der Waals surface area contributed by atoms with Crippen LogP contribution in [0.15, 0.2) is 30.3 Å². The summed E-state index contributed by atoms with van der Waals surface area (Å²) in [5.74, 6) is 1.74. The molecule has 2 aliphatic heterocycles. The van der Waals surface area contributed by atoms with Crippen molar-refractivity contribution >= 4 is 5.91 Å². The normalized spacial score (nSPS) is 21.4. The van der Waals surface area contributed by atoms with Gasteiger partial charge in [-0.25, -0.2) is 4.98 Å². The van der Waals surface area contributed by atoms with Crippen LogP contribution in [0.4, 0.5) is 0 Å². The maximum absolute atomic E-state index is 13.3. The zero-order chi connectivity index (χ0) is 21.6. The fourth-order valence-corrected chi connectivity index (χ4v) is 5.97. The first-order valence-electron chi connectivity index (χ1n) is 12.1. The van der Waals surface area contributed by atoms with E-state index in [1.807, 2.05) is 0 Å². The molecule has 0 bridgehead atoms. The Bertz CT molecular complexity index is 936. The third-order valence-electron chi connectivity index (χ3n) is 7.87. The van der Waals surface area contributed by atoms with Crippen molar-refractivity contribution in [3.63, 3.8) is 0 Å². The molecule has 31 heavy (non-hydrogen) atoms. The van der Waals surface area contributed by atoms with Gasteiger partial charge in [0, 0.05) is 30.5 Å². The lowest BCUT2D eigenvalue weighted by atomic mass is 9.72. The second-order valence-electron chi connectivity index (χ2n) is 10.3. The monoisotopic (exact) mass is 420 g/mol. The highest BCUT2D eigenvalue weighted by molar-refractivity contribution is 5.80. The van der Waals surface area contributed by atoms with E-state index in [0.717, 1.165) is 64.2 Å². The Kier molecular flexibility index (Phi) is 5.41. The first-order valence-corrected chi connectivity index (χ1v) is 12.1. The number of nitrogens with zero attached hydrogens (tertiary/aromatic N) is 4. The van der Waals surface area contributed by atoms with E-state index in [-0.39, 0.29) is 11.3 Å². The van der Waals surface area contributed by atoms with Crippen molar-refractivity contribution in [3.05, 3.63) is 53.1 Å². The molecule has 1 saturated heterocycles. The highest BCUT2D eigenvalue weighted by atomic mass is 16.2. The number of carbonyl (C=O) groups is 1. The zero-order valence-corrected chi connectivity index (χ0v) is 19.3. The molecule has 5 rings (SSSR count). The van der Waals surface area contributed by atoms with Gasteiger partial charge in [-0.05, 0) is 65.1 Å². The van der Waals surface area contributed by atoms with Crippen LogP contribution in [0.5, 0.6) is 0 Å². The minimum atomic E-state index is 0.00504. The zero-order valence-electron chi connectivity index (χ0n) is 19.3. The highest BCUT2D eigenvalue weighted by Gasteiger charge is 2.47. The van der Waals surface area contributed by atoms with Gasteiger partial charge in [-0.2, -0.15) is 0 Å². The van der Waals surface area contributed by atoms with Crippen molar-refractivity contribution in [2.24, 2.45) is 5.92 Å². The second-order valence-corrected chi connectivity index (χ2v) is 10.3. The number of hydrogen-bond donors (Lipinski definition) is 0. The van der Waals surface area contributed by atoms with Crippen LogP contribution in [0.3, 0.4) is 0 Å². The van der Waals surface area contributed by atoms with Gasteiger partial charge in [0.05, 0.1) is 17.9 Å². The van der Waals surface area contributed by atoms with E-state index in [1.165, 1.54) is 23.4 Å². The highest BCUT2D eigenvalue weighted by Crippen LogP contribution is 2.43. The molecule has 3 heterocycles. The number of amides is 1. The Morgan fingerprint density at radius 3 is 2.48 bits per heavy atom. The fraction of sp³-hybridized carbons (Fsp3) is 0.615. The fourth-order valence-electron chi connectivity index (χ4n) is 5.97. The summed E-state index contributed by atoms with van der Waals surface area (Å²) < 4.78 is 2.38. The Labute approximate surface area is 186 Å². The summed E-state index contributed by atoms with van der Waals surface area (Å²) in [5.41, 5.74) is 3.97. The van der Waals surface area contributed by atoms with Crippen molar-refractivity contribution in [1.29, 1.82) is 0 Å². The summed E-state index contributed by atoms with van der Waals surface area (Å²) in [5, 5.41) is 0. The predicted octanol–water partition coefficient (Wildman–Crippen LogP) is 4.45. The minimum absolute atomic E-state index is 0.00504. The molecule has 1 aliphatic carbocycles. The Balaban J connectivity index is 1.42. The quantitative estimate of drug-likeness (QED) is 0.734. The van der Waals surface area contributed by atoms with E-state index in [4.69, 9.17) is 4.98 Å². The first kappa shape index (κ1) is 20.7. The standard InChI is InChI=1S/C26H36N4O/c1-19(2)30-20(3)27-24-23(30)17-29(25(31)22-10-7-11-22)18-26(24)12-14-28(15-13-26)16-21-8-5-4-6-9-21/h4-6,8-9,19,22H,7,10-18H2,1-3H3. The lowest BCUT2D eigenvalue weighted by Gasteiger charge is -2.48. The molecule has 2 aromatic rings. The number of likely N-dealkylation sites (tertiary alicyclic amines) is 1. The third kappa shape index (κ3) is 3.71. The summed E-state index contributed by atoms with van der Waals surface area (Å²) in [6, 6.07) is 11.1. The molecule has 1 saturated carbocycles. The molecule has 5 heteroatoms. The third-order valence-corrected chi connectivity index (χ3v) is 7.87. The van der Waals surface area contributed by atoms with Crippen LogP contribution in [0.1, 0.15) is 74.8 Å². The van der Waals surface area contributed by atoms with Gasteiger partial charge in [0.25, 0.3) is 0 Å². The summed E-state index contributed by atoms with van der Waals surface area (Å²) in [6.07, 6.45) is 5.51. The molecular weight excluding hydrogens is 384 g/mol. The molecule has 1 aromatic carbocycles. The Morgan fingerprint density at radius 2 is 1.87 bits per heavy atom. The number of rotatable bonds is 4. The van der Waals surface area contributed by atoms with Gasteiger partial charge in [-0.1, -0.05) is 36.8 Å². The number of carbonyl (C=O) groups excluding carboxylic acids is 1. The van der Waals surface area contributed by atoms with E-state index in [9.17, 15) is 4.79 Å². The number of hydrogen-bond acceptors (Lipinski definition) is 3. The van der Waals surface area contributed by atoms with Crippen LogP contribution < -0.4 is 0 Å². The maximum atomic E-state index is 13.3. The summed E-state index contributed by atoms with van der Waals surface area (Å²) >= 11 is 0. The van der Waals surface area contributed by atoms with Gasteiger partial charge >= 0.3 is 0 Å². The predicted molar refractivity (Wildman–Crippen MR) is 123 cm³/mol. The van der Waals surface area contributed by atoms with Crippen molar-refractivity contribution in [1.82, 2.24) is 19.4 Å². The smallest absolute Gasteiger partial charge is 0.226 e. The lowest BCUT2D eigenvalue weighted by Crippen LogP contribution is -2.54. The SMILES string of the molecule is Cc1nc2c(n1C(C)C)CN(C(=O)C1CCC1)CC21CCN(Cc2ccccc2)CC1. The maximum Gasteiger partial charge on any atom is 0.226 e. The van der Waals surface area contributed by atoms with Crippen molar-refractivity contribution in [2.45, 2.75) is 77.4 Å². The van der Waals surface area contributed by atoms with Gasteiger partial charge in [0.2, 0.25) is 5.91 Å². The molecule has 3 aliphatic rings. The number of aromatic nitrogens is 2. The van der Waals surface area contributed by atoms with E-state index >= 15 is 0 Å². The number of imidazole rings is 1. The van der Waals surface area contributed by atoms with Gasteiger partial charge in [0.1, 0.15) is 5.82 Å². The summed E-state index contributed by atoms with van der Waals surface area (Å²) in [6.45, 7) is 11.3. The molecule has 2 fully saturated rings. The van der Waals surface area contributed by atoms with Crippen LogP contribution in [0.25, 0.3) is 0 Å². The number of piperidine rings is 1. The second kappa shape index (κ2) is 8.09. The average Bonchev–Trinajstić information content (AvgIpc) is 3.06. The van der Waals surface area contributed by atoms with Crippen LogP contribution in [-0.4, -0.2) is 44.9 Å². The Morgan fingerprint density at radius 1 is 1.16 bits per heavy atom. The first-order chi connectivity index (χ1) is 15.0. The molecule has 166 valence electrons.